The molecule has 1 rings (SSSR count). The van der Waals surface area contributed by atoms with E-state index in [1.807, 2.05) is 0 Å². The van der Waals surface area contributed by atoms with Gasteiger partial charge in [0.15, 0.2) is 0 Å². The largest absolute Gasteiger partial charge is 0.509 e. The number of nitriles is 1. The molecule has 60 valence electrons. The number of rotatable bonds is 1. The molecule has 0 unspecified atom stereocenters. The predicted octanol–water partition coefficient (Wildman–Crippen LogP) is -1.32. The summed E-state index contributed by atoms with van der Waals surface area (Å²) in [7, 11) is -1.81. The second-order valence-corrected chi connectivity index (χ2v) is 2.26. The third kappa shape index (κ3) is 1.71. The van der Waals surface area contributed by atoms with E-state index in [0.717, 1.165) is 6.20 Å². The summed E-state index contributed by atoms with van der Waals surface area (Å²) in [6.07, 6.45) is 1.13. The lowest BCUT2D eigenvalue weighted by atomic mass is 9.83. The van der Waals surface area contributed by atoms with Crippen molar-refractivity contribution in [2.45, 2.75) is 0 Å². The van der Waals surface area contributed by atoms with Gasteiger partial charge in [-0.25, -0.2) is 9.97 Å². The molecule has 0 radical (unpaired) electrons. The van der Waals surface area contributed by atoms with Crippen molar-refractivity contribution < 1.29 is 10.0 Å². The van der Waals surface area contributed by atoms with E-state index in [2.05, 4.69) is 9.97 Å². The Labute approximate surface area is 73.4 Å². The van der Waals surface area contributed by atoms with Crippen molar-refractivity contribution in [2.24, 2.45) is 0 Å². The van der Waals surface area contributed by atoms with E-state index in [4.69, 9.17) is 26.9 Å². The maximum atomic E-state index is 8.72. The van der Waals surface area contributed by atoms with E-state index >= 15 is 0 Å². The first-order valence-corrected chi connectivity index (χ1v) is 3.31. The van der Waals surface area contributed by atoms with Crippen LogP contribution in [0.15, 0.2) is 6.20 Å². The molecule has 0 atom stereocenters. The molecule has 0 saturated heterocycles. The fourth-order valence-electron chi connectivity index (χ4n) is 0.655. The lowest BCUT2D eigenvalue weighted by Crippen LogP contribution is -2.35. The number of hydrogen-bond acceptors (Lipinski definition) is 5. The fourth-order valence-corrected chi connectivity index (χ4v) is 0.795. The highest BCUT2D eigenvalue weighted by Gasteiger charge is 2.18. The lowest BCUT2D eigenvalue weighted by Gasteiger charge is -1.99. The van der Waals surface area contributed by atoms with Gasteiger partial charge in [0, 0.05) is 6.20 Å². The Morgan fingerprint density at radius 3 is 2.75 bits per heavy atom. The molecular weight excluding hydrogens is 180 g/mol. The van der Waals surface area contributed by atoms with Gasteiger partial charge in [0.25, 0.3) is 0 Å². The Hall–Kier alpha value is -1.16. The first-order valence-electron chi connectivity index (χ1n) is 2.94. The zero-order valence-electron chi connectivity index (χ0n) is 5.77. The maximum absolute atomic E-state index is 8.72. The highest BCUT2D eigenvalue weighted by atomic mass is 35.5. The Morgan fingerprint density at radius 1 is 1.58 bits per heavy atom. The van der Waals surface area contributed by atoms with Gasteiger partial charge in [-0.2, -0.15) is 5.26 Å². The summed E-state index contributed by atoms with van der Waals surface area (Å²) in [5.41, 5.74) is -0.188. The van der Waals surface area contributed by atoms with Crippen molar-refractivity contribution in [3.05, 3.63) is 17.0 Å². The van der Waals surface area contributed by atoms with Crippen molar-refractivity contribution >= 4 is 24.3 Å². The van der Waals surface area contributed by atoms with Crippen LogP contribution in [-0.4, -0.2) is 27.1 Å². The van der Waals surface area contributed by atoms with Gasteiger partial charge < -0.3 is 10.0 Å². The van der Waals surface area contributed by atoms with Crippen LogP contribution in [0.2, 0.25) is 5.28 Å². The quantitative estimate of drug-likeness (QED) is 0.416. The zero-order valence-corrected chi connectivity index (χ0v) is 6.52. The standard InChI is InChI=1S/C5H3BClN3O2/c7-5-9-2-3(1-8)4(10-5)6(11)12/h2,11-12H. The van der Waals surface area contributed by atoms with Gasteiger partial charge in [-0.3, -0.25) is 0 Å². The first kappa shape index (κ1) is 8.94. The summed E-state index contributed by atoms with van der Waals surface area (Å²) in [5.74, 6) is 0. The van der Waals surface area contributed by atoms with Gasteiger partial charge in [-0.1, -0.05) is 0 Å². The molecule has 5 nitrogen and oxygen atoms in total. The van der Waals surface area contributed by atoms with Gasteiger partial charge in [0.05, 0.1) is 11.2 Å². The van der Waals surface area contributed by atoms with Crippen LogP contribution in [0.1, 0.15) is 5.56 Å². The van der Waals surface area contributed by atoms with Crippen molar-refractivity contribution in [3.8, 4) is 6.07 Å². The molecule has 0 aliphatic heterocycles. The second-order valence-electron chi connectivity index (χ2n) is 1.92. The molecule has 0 spiro atoms. The Bertz CT molecular complexity index is 338. The van der Waals surface area contributed by atoms with E-state index in [1.165, 1.54) is 0 Å². The molecule has 12 heavy (non-hydrogen) atoms. The van der Waals surface area contributed by atoms with Crippen LogP contribution in [0, 0.1) is 11.3 Å². The molecule has 0 amide bonds. The molecule has 1 heterocycles. The molecule has 7 heteroatoms. The third-order valence-corrected chi connectivity index (χ3v) is 1.34. The molecule has 0 bridgehead atoms. The molecule has 0 fully saturated rings. The summed E-state index contributed by atoms with van der Waals surface area (Å²) in [6, 6.07) is 1.70. The Balaban J connectivity index is 3.24. The summed E-state index contributed by atoms with van der Waals surface area (Å²) in [5, 5.41) is 25.8. The Kier molecular flexibility index (Phi) is 2.60. The number of hydrogen-bond donors (Lipinski definition) is 2. The number of aromatic nitrogens is 2. The molecule has 0 aliphatic rings. The van der Waals surface area contributed by atoms with Gasteiger partial charge in [-0.15, -0.1) is 0 Å². The van der Waals surface area contributed by atoms with E-state index in [1.54, 1.807) is 6.07 Å². The van der Waals surface area contributed by atoms with Gasteiger partial charge in [0.1, 0.15) is 6.07 Å². The van der Waals surface area contributed by atoms with Crippen LogP contribution in [0.3, 0.4) is 0 Å². The zero-order chi connectivity index (χ0) is 9.14. The summed E-state index contributed by atoms with van der Waals surface area (Å²) >= 11 is 5.36. The molecular formula is C5H3BClN3O2. The lowest BCUT2D eigenvalue weighted by molar-refractivity contribution is 0.424. The minimum absolute atomic E-state index is 0.00519. The molecule has 0 aromatic carbocycles. The fraction of sp³-hybridized carbons (Fsp3) is 0. The summed E-state index contributed by atoms with van der Waals surface area (Å²) in [4.78, 5) is 6.98. The molecule has 1 aromatic rings. The highest BCUT2D eigenvalue weighted by molar-refractivity contribution is 6.58. The van der Waals surface area contributed by atoms with Crippen LogP contribution in [0.4, 0.5) is 0 Å². The van der Waals surface area contributed by atoms with Crippen molar-refractivity contribution in [2.75, 3.05) is 0 Å². The second kappa shape index (κ2) is 3.49. The van der Waals surface area contributed by atoms with Crippen LogP contribution < -0.4 is 5.59 Å². The monoisotopic (exact) mass is 183 g/mol. The Morgan fingerprint density at radius 2 is 2.25 bits per heavy atom. The highest BCUT2D eigenvalue weighted by Crippen LogP contribution is 1.97. The van der Waals surface area contributed by atoms with Gasteiger partial charge in [-0.05, 0) is 11.6 Å². The maximum Gasteiger partial charge on any atom is 0.509 e. The van der Waals surface area contributed by atoms with Crippen LogP contribution >= 0.6 is 11.6 Å². The van der Waals surface area contributed by atoms with E-state index < -0.39 is 7.12 Å². The van der Waals surface area contributed by atoms with Crippen molar-refractivity contribution in [3.63, 3.8) is 0 Å². The van der Waals surface area contributed by atoms with Gasteiger partial charge in [0.2, 0.25) is 5.28 Å². The number of nitrogens with zero attached hydrogens (tertiary/aromatic N) is 3. The minimum atomic E-state index is -1.81. The van der Waals surface area contributed by atoms with Crippen LogP contribution in [-0.2, 0) is 0 Å². The molecule has 0 saturated carbocycles. The summed E-state index contributed by atoms with van der Waals surface area (Å²) in [6.45, 7) is 0. The predicted molar refractivity (Wildman–Crippen MR) is 41.6 cm³/mol. The average Bonchev–Trinajstić information content (AvgIpc) is 2.04. The SMILES string of the molecule is N#Cc1cnc(Cl)nc1B(O)O. The normalized spacial score (nSPS) is 9.17. The van der Waals surface area contributed by atoms with Crippen LogP contribution in [0.5, 0.6) is 0 Å². The molecule has 1 aromatic heterocycles. The average molecular weight is 183 g/mol. The minimum Gasteiger partial charge on any atom is -0.422 e. The first-order chi connectivity index (χ1) is 5.65. The third-order valence-electron chi connectivity index (χ3n) is 1.15. The van der Waals surface area contributed by atoms with E-state index in [0.29, 0.717) is 0 Å². The molecule has 0 aliphatic carbocycles. The smallest absolute Gasteiger partial charge is 0.422 e. The van der Waals surface area contributed by atoms with Crippen LogP contribution in [0.25, 0.3) is 0 Å². The van der Waals surface area contributed by atoms with Gasteiger partial charge >= 0.3 is 7.12 Å². The molecule has 2 N–H and O–H groups in total. The summed E-state index contributed by atoms with van der Waals surface area (Å²) < 4.78 is 0. The van der Waals surface area contributed by atoms with E-state index in [9.17, 15) is 0 Å². The van der Waals surface area contributed by atoms with Crippen molar-refractivity contribution in [1.82, 2.24) is 9.97 Å². The van der Waals surface area contributed by atoms with E-state index in [-0.39, 0.29) is 16.4 Å². The number of halogens is 1. The topological polar surface area (TPSA) is 90.0 Å². The van der Waals surface area contributed by atoms with Crippen molar-refractivity contribution in [1.29, 1.82) is 5.26 Å².